The van der Waals surface area contributed by atoms with Crippen molar-refractivity contribution in [1.29, 1.82) is 0 Å². The van der Waals surface area contributed by atoms with Crippen molar-refractivity contribution in [3.05, 3.63) is 64.1 Å². The minimum Gasteiger partial charge on any atom is -0.468 e. The predicted octanol–water partition coefficient (Wildman–Crippen LogP) is 3.99. The molecule has 5 nitrogen and oxygen atoms in total. The van der Waals surface area contributed by atoms with Crippen LogP contribution in [0.1, 0.15) is 43.7 Å². The molecule has 0 saturated carbocycles. The van der Waals surface area contributed by atoms with Crippen LogP contribution in [-0.4, -0.2) is 4.92 Å². The molecule has 0 radical (unpaired) electrons. The van der Waals surface area contributed by atoms with Gasteiger partial charge in [0.25, 0.3) is 5.69 Å². The Morgan fingerprint density at radius 1 is 1.35 bits per heavy atom. The van der Waals surface area contributed by atoms with Crippen molar-refractivity contribution >= 4 is 5.69 Å². The molecule has 1 heterocycles. The van der Waals surface area contributed by atoms with Gasteiger partial charge in [-0.1, -0.05) is 19.1 Å². The van der Waals surface area contributed by atoms with Crippen molar-refractivity contribution in [1.82, 2.24) is 5.32 Å². The molecular formula is C15H18N2O3. The lowest BCUT2D eigenvalue weighted by molar-refractivity contribution is -0.384. The smallest absolute Gasteiger partial charge is 0.269 e. The van der Waals surface area contributed by atoms with Crippen molar-refractivity contribution in [2.45, 2.75) is 32.4 Å². The number of hydrogen-bond donors (Lipinski definition) is 1. The monoisotopic (exact) mass is 274 g/mol. The highest BCUT2D eigenvalue weighted by atomic mass is 16.6. The van der Waals surface area contributed by atoms with Crippen LogP contribution >= 0.6 is 0 Å². The molecule has 0 amide bonds. The van der Waals surface area contributed by atoms with Gasteiger partial charge >= 0.3 is 0 Å². The van der Waals surface area contributed by atoms with Gasteiger partial charge in [0.05, 0.1) is 17.2 Å². The average molecular weight is 274 g/mol. The lowest BCUT2D eigenvalue weighted by Crippen LogP contribution is -2.24. The van der Waals surface area contributed by atoms with Crippen LogP contribution in [-0.2, 0) is 0 Å². The fourth-order valence-electron chi connectivity index (χ4n) is 2.23. The fourth-order valence-corrected chi connectivity index (χ4v) is 2.23. The van der Waals surface area contributed by atoms with Crippen molar-refractivity contribution in [2.24, 2.45) is 0 Å². The molecule has 0 spiro atoms. The quantitative estimate of drug-likeness (QED) is 0.638. The van der Waals surface area contributed by atoms with E-state index in [1.54, 1.807) is 18.4 Å². The van der Waals surface area contributed by atoms with Crippen LogP contribution in [0.2, 0.25) is 0 Å². The maximum atomic E-state index is 10.8. The van der Waals surface area contributed by atoms with E-state index in [1.807, 2.05) is 32.0 Å². The molecule has 106 valence electrons. The molecule has 0 bridgehead atoms. The van der Waals surface area contributed by atoms with Gasteiger partial charge in [-0.2, -0.15) is 0 Å². The zero-order chi connectivity index (χ0) is 14.5. The molecule has 0 fully saturated rings. The molecule has 1 unspecified atom stereocenters. The third-order valence-electron chi connectivity index (χ3n) is 3.31. The van der Waals surface area contributed by atoms with Gasteiger partial charge in [-0.15, -0.1) is 0 Å². The lowest BCUT2D eigenvalue weighted by atomic mass is 10.0. The summed E-state index contributed by atoms with van der Waals surface area (Å²) >= 11 is 0. The highest BCUT2D eigenvalue weighted by molar-refractivity contribution is 5.35. The van der Waals surface area contributed by atoms with Crippen LogP contribution in [0, 0.1) is 10.1 Å². The van der Waals surface area contributed by atoms with Gasteiger partial charge in [-0.05, 0) is 31.0 Å². The van der Waals surface area contributed by atoms with E-state index in [4.69, 9.17) is 4.42 Å². The van der Waals surface area contributed by atoms with Crippen molar-refractivity contribution in [2.75, 3.05) is 0 Å². The van der Waals surface area contributed by atoms with Crippen LogP contribution in [0.25, 0.3) is 0 Å². The molecular weight excluding hydrogens is 256 g/mol. The molecule has 1 aromatic carbocycles. The zero-order valence-corrected chi connectivity index (χ0v) is 11.6. The van der Waals surface area contributed by atoms with Crippen molar-refractivity contribution in [3.8, 4) is 0 Å². The second kappa shape index (κ2) is 6.34. The average Bonchev–Trinajstić information content (AvgIpc) is 2.99. The Morgan fingerprint density at radius 2 is 2.15 bits per heavy atom. The first kappa shape index (κ1) is 14.3. The predicted molar refractivity (Wildman–Crippen MR) is 76.4 cm³/mol. The van der Waals surface area contributed by atoms with Crippen molar-refractivity contribution < 1.29 is 9.34 Å². The van der Waals surface area contributed by atoms with E-state index < -0.39 is 0 Å². The Hall–Kier alpha value is -2.14. The van der Waals surface area contributed by atoms with E-state index in [0.29, 0.717) is 0 Å². The van der Waals surface area contributed by atoms with Crippen LogP contribution in [0.5, 0.6) is 0 Å². The summed E-state index contributed by atoms with van der Waals surface area (Å²) in [6.07, 6.45) is 2.48. The van der Waals surface area contributed by atoms with E-state index >= 15 is 0 Å². The number of rotatable bonds is 6. The van der Waals surface area contributed by atoms with Gasteiger partial charge in [0, 0.05) is 18.2 Å². The van der Waals surface area contributed by atoms with Crippen LogP contribution in [0.15, 0.2) is 47.1 Å². The summed E-state index contributed by atoms with van der Waals surface area (Å²) in [7, 11) is 0. The molecule has 1 aromatic heterocycles. The summed E-state index contributed by atoms with van der Waals surface area (Å²) in [5.74, 6) is 0.855. The topological polar surface area (TPSA) is 68.3 Å². The minimum absolute atomic E-state index is 0.0502. The molecule has 2 rings (SSSR count). The van der Waals surface area contributed by atoms with Gasteiger partial charge in [0.15, 0.2) is 0 Å². The first-order valence-corrected chi connectivity index (χ1v) is 6.65. The Bertz CT molecular complexity index is 566. The number of nitro benzene ring substituents is 1. The second-order valence-electron chi connectivity index (χ2n) is 4.72. The maximum Gasteiger partial charge on any atom is 0.269 e. The highest BCUT2D eigenvalue weighted by Crippen LogP contribution is 2.25. The molecule has 2 aromatic rings. The Kier molecular flexibility index (Phi) is 4.53. The van der Waals surface area contributed by atoms with Crippen LogP contribution < -0.4 is 5.32 Å². The SMILES string of the molecule is CCC(N[C@@H](C)c1ccco1)c1cccc([N+](=O)[O-])c1. The van der Waals surface area contributed by atoms with Gasteiger partial charge in [0.2, 0.25) is 0 Å². The molecule has 2 atom stereocenters. The van der Waals surface area contributed by atoms with Gasteiger partial charge in [-0.3, -0.25) is 10.1 Å². The number of benzene rings is 1. The third-order valence-corrected chi connectivity index (χ3v) is 3.31. The van der Waals surface area contributed by atoms with E-state index in [0.717, 1.165) is 17.7 Å². The van der Waals surface area contributed by atoms with E-state index in [1.165, 1.54) is 6.07 Å². The molecule has 0 aliphatic carbocycles. The van der Waals surface area contributed by atoms with E-state index in [9.17, 15) is 10.1 Å². The Labute approximate surface area is 117 Å². The lowest BCUT2D eigenvalue weighted by Gasteiger charge is -2.21. The number of nitrogens with zero attached hydrogens (tertiary/aromatic N) is 1. The first-order chi connectivity index (χ1) is 9.61. The summed E-state index contributed by atoms with van der Waals surface area (Å²) in [4.78, 5) is 10.5. The summed E-state index contributed by atoms with van der Waals surface area (Å²) in [6.45, 7) is 4.06. The largest absolute Gasteiger partial charge is 0.468 e. The summed E-state index contributed by atoms with van der Waals surface area (Å²) in [5, 5.41) is 14.3. The van der Waals surface area contributed by atoms with Gasteiger partial charge in [-0.25, -0.2) is 0 Å². The third kappa shape index (κ3) is 3.24. The number of non-ortho nitro benzene ring substituents is 1. The van der Waals surface area contributed by atoms with Gasteiger partial charge in [0.1, 0.15) is 5.76 Å². The molecule has 1 N–H and O–H groups in total. The summed E-state index contributed by atoms with van der Waals surface area (Å²) in [5.41, 5.74) is 1.04. The number of hydrogen-bond acceptors (Lipinski definition) is 4. The first-order valence-electron chi connectivity index (χ1n) is 6.65. The Morgan fingerprint density at radius 3 is 2.75 bits per heavy atom. The van der Waals surface area contributed by atoms with Crippen LogP contribution in [0.3, 0.4) is 0 Å². The molecule has 0 saturated heterocycles. The summed E-state index contributed by atoms with van der Waals surface area (Å²) in [6, 6.07) is 10.6. The normalized spacial score (nSPS) is 13.9. The van der Waals surface area contributed by atoms with Crippen LogP contribution in [0.4, 0.5) is 5.69 Å². The number of furan rings is 1. The van der Waals surface area contributed by atoms with E-state index in [2.05, 4.69) is 5.32 Å². The fraction of sp³-hybridized carbons (Fsp3) is 0.333. The Balaban J connectivity index is 2.15. The highest BCUT2D eigenvalue weighted by Gasteiger charge is 2.17. The number of nitrogens with one attached hydrogen (secondary N) is 1. The van der Waals surface area contributed by atoms with Gasteiger partial charge < -0.3 is 9.73 Å². The minimum atomic E-state index is -0.369. The molecule has 5 heteroatoms. The second-order valence-corrected chi connectivity index (χ2v) is 4.72. The standard InChI is InChI=1S/C15H18N2O3/c1-3-14(16-11(2)15-8-5-9-20-15)12-6-4-7-13(10-12)17(18)19/h4-11,14,16H,3H2,1-2H3/t11-,14?/m0/s1. The zero-order valence-electron chi connectivity index (χ0n) is 11.6. The molecule has 0 aliphatic rings. The molecule has 20 heavy (non-hydrogen) atoms. The summed E-state index contributed by atoms with van der Waals surface area (Å²) < 4.78 is 5.37. The van der Waals surface area contributed by atoms with Crippen molar-refractivity contribution in [3.63, 3.8) is 0 Å². The number of nitro groups is 1. The molecule has 0 aliphatic heterocycles. The van der Waals surface area contributed by atoms with E-state index in [-0.39, 0.29) is 22.7 Å². The maximum absolute atomic E-state index is 10.8.